The van der Waals surface area contributed by atoms with Crippen LogP contribution in [-0.2, 0) is 4.74 Å². The first-order chi connectivity index (χ1) is 11.7. The quantitative estimate of drug-likeness (QED) is 0.438. The van der Waals surface area contributed by atoms with Crippen LogP contribution in [0.15, 0.2) is 34.6 Å². The van der Waals surface area contributed by atoms with Crippen molar-refractivity contribution in [1.29, 1.82) is 0 Å². The van der Waals surface area contributed by atoms with Crippen LogP contribution < -0.4 is 0 Å². The molecule has 0 spiro atoms. The van der Waals surface area contributed by atoms with Crippen molar-refractivity contribution in [2.24, 2.45) is 23.2 Å². The Morgan fingerprint density at radius 1 is 1.29 bits per heavy atom. The van der Waals surface area contributed by atoms with Gasteiger partial charge < -0.3 is 4.74 Å². The Labute approximate surface area is 147 Å². The molecule has 4 aliphatic carbocycles. The second-order valence-corrected chi connectivity index (χ2v) is 8.26. The lowest BCUT2D eigenvalue weighted by Gasteiger charge is -2.51. The molecule has 0 aromatic carbocycles. The first-order valence-electron chi connectivity index (χ1n) is 9.80. The van der Waals surface area contributed by atoms with E-state index in [0.717, 1.165) is 37.0 Å². The summed E-state index contributed by atoms with van der Waals surface area (Å²) < 4.78 is 5.52. The van der Waals surface area contributed by atoms with Crippen LogP contribution in [0.3, 0.4) is 0 Å². The monoisotopic (exact) mass is 322 g/mol. The minimum Gasteiger partial charge on any atom is -0.501 e. The molecule has 0 bridgehead atoms. The minimum atomic E-state index is 0.351. The summed E-state index contributed by atoms with van der Waals surface area (Å²) >= 11 is 0. The highest BCUT2D eigenvalue weighted by Crippen LogP contribution is 2.61. The van der Waals surface area contributed by atoms with E-state index in [2.05, 4.69) is 37.8 Å². The lowest BCUT2D eigenvalue weighted by Crippen LogP contribution is -2.42. The fraction of sp³-hybridized carbons (Fsp3) is 0.652. The topological polar surface area (TPSA) is 9.23 Å². The van der Waals surface area contributed by atoms with E-state index in [1.54, 1.807) is 11.1 Å². The molecule has 0 aromatic heterocycles. The maximum Gasteiger partial charge on any atom is 0.0959 e. The van der Waals surface area contributed by atoms with Gasteiger partial charge in [-0.2, -0.15) is 0 Å². The van der Waals surface area contributed by atoms with Crippen molar-refractivity contribution in [3.63, 3.8) is 0 Å². The number of hydrogen-bond donors (Lipinski definition) is 0. The van der Waals surface area contributed by atoms with Gasteiger partial charge in [0.2, 0.25) is 0 Å². The van der Waals surface area contributed by atoms with Crippen LogP contribution in [0, 0.1) is 35.0 Å². The van der Waals surface area contributed by atoms with Crippen molar-refractivity contribution in [3.05, 3.63) is 34.6 Å². The molecule has 1 fully saturated rings. The van der Waals surface area contributed by atoms with Crippen LogP contribution in [0.4, 0.5) is 0 Å². The van der Waals surface area contributed by atoms with Gasteiger partial charge in [0.05, 0.1) is 12.9 Å². The molecule has 0 unspecified atom stereocenters. The van der Waals surface area contributed by atoms with Gasteiger partial charge in [0, 0.05) is 23.8 Å². The van der Waals surface area contributed by atoms with Gasteiger partial charge in [-0.15, -0.1) is 0 Å². The van der Waals surface area contributed by atoms with Crippen LogP contribution in [0.1, 0.15) is 65.2 Å². The highest BCUT2D eigenvalue weighted by molar-refractivity contribution is 5.41. The minimum absolute atomic E-state index is 0.351. The third-order valence-corrected chi connectivity index (χ3v) is 7.30. The number of hydrogen-bond acceptors (Lipinski definition) is 1. The second kappa shape index (κ2) is 6.14. The van der Waals surface area contributed by atoms with E-state index in [1.807, 2.05) is 7.11 Å². The molecule has 1 saturated carbocycles. The van der Waals surface area contributed by atoms with Gasteiger partial charge in [-0.1, -0.05) is 42.9 Å². The molecular weight excluding hydrogens is 292 g/mol. The van der Waals surface area contributed by atoms with Crippen molar-refractivity contribution in [2.75, 3.05) is 7.11 Å². The van der Waals surface area contributed by atoms with Gasteiger partial charge in [0.1, 0.15) is 0 Å². The molecule has 4 rings (SSSR count). The Kier molecular flexibility index (Phi) is 4.11. The zero-order valence-corrected chi connectivity index (χ0v) is 15.5. The first-order valence-corrected chi connectivity index (χ1v) is 9.80. The van der Waals surface area contributed by atoms with Gasteiger partial charge in [-0.05, 0) is 62.4 Å². The molecule has 1 nitrogen and oxygen atoms in total. The summed E-state index contributed by atoms with van der Waals surface area (Å²) in [4.78, 5) is 0. The average Bonchev–Trinajstić information content (AvgIpc) is 2.95. The third kappa shape index (κ3) is 2.38. The summed E-state index contributed by atoms with van der Waals surface area (Å²) in [5.74, 6) is 10.5. The largest absolute Gasteiger partial charge is 0.501 e. The number of ether oxygens (including phenoxy) is 1. The van der Waals surface area contributed by atoms with Gasteiger partial charge in [-0.25, -0.2) is 0 Å². The Morgan fingerprint density at radius 3 is 2.96 bits per heavy atom. The molecule has 0 N–H and O–H groups in total. The molecule has 4 aliphatic rings. The SMILES string of the molecule is CCC#CC1=CC[C@H]2[C@@H]3CCC4=C(CC=C(OC)C4)[C@H]3CC[C@]12C. The number of methoxy groups -OCH3 is 1. The van der Waals surface area contributed by atoms with Crippen LogP contribution in [0.2, 0.25) is 0 Å². The molecule has 0 aliphatic heterocycles. The van der Waals surface area contributed by atoms with E-state index in [0.29, 0.717) is 5.41 Å². The molecule has 0 radical (unpaired) electrons. The Bertz CT molecular complexity index is 681. The predicted octanol–water partition coefficient (Wildman–Crippen LogP) is 5.79. The fourth-order valence-corrected chi connectivity index (χ4v) is 5.99. The van der Waals surface area contributed by atoms with Crippen molar-refractivity contribution in [3.8, 4) is 11.8 Å². The van der Waals surface area contributed by atoms with E-state index in [-0.39, 0.29) is 0 Å². The summed E-state index contributed by atoms with van der Waals surface area (Å²) in [6.45, 7) is 4.66. The average molecular weight is 322 g/mol. The summed E-state index contributed by atoms with van der Waals surface area (Å²) in [7, 11) is 1.82. The molecule has 0 heterocycles. The molecule has 4 atom stereocenters. The smallest absolute Gasteiger partial charge is 0.0959 e. The molecule has 1 heteroatoms. The molecule has 0 amide bonds. The van der Waals surface area contributed by atoms with E-state index < -0.39 is 0 Å². The zero-order valence-electron chi connectivity index (χ0n) is 15.5. The van der Waals surface area contributed by atoms with E-state index >= 15 is 0 Å². The molecule has 0 saturated heterocycles. The molecular formula is C23H30O. The van der Waals surface area contributed by atoms with Crippen molar-refractivity contribution in [1.82, 2.24) is 0 Å². The van der Waals surface area contributed by atoms with E-state index in [4.69, 9.17) is 4.74 Å². The fourth-order valence-electron chi connectivity index (χ4n) is 5.99. The van der Waals surface area contributed by atoms with Gasteiger partial charge in [0.15, 0.2) is 0 Å². The standard InChI is InChI=1S/C23H30O/c1-4-5-6-17-8-12-22-21-10-7-16-15-18(24-3)9-11-19(16)20(21)13-14-23(17,22)2/h8-9,20-22H,4,7,10-15H2,1-3H3/t20-,21-,22+,23-/m1/s1. The van der Waals surface area contributed by atoms with Crippen molar-refractivity contribution >= 4 is 0 Å². The highest BCUT2D eigenvalue weighted by Gasteiger charge is 2.51. The van der Waals surface area contributed by atoms with Crippen molar-refractivity contribution < 1.29 is 4.74 Å². The van der Waals surface area contributed by atoms with E-state index in [9.17, 15) is 0 Å². The van der Waals surface area contributed by atoms with Crippen LogP contribution in [-0.4, -0.2) is 7.11 Å². The highest BCUT2D eigenvalue weighted by atomic mass is 16.5. The summed E-state index contributed by atoms with van der Waals surface area (Å²) in [5.41, 5.74) is 5.29. The maximum atomic E-state index is 5.52. The maximum absolute atomic E-state index is 5.52. The van der Waals surface area contributed by atoms with Crippen LogP contribution in [0.25, 0.3) is 0 Å². The van der Waals surface area contributed by atoms with Crippen LogP contribution in [0.5, 0.6) is 0 Å². The summed E-state index contributed by atoms with van der Waals surface area (Å²) in [5, 5.41) is 0. The lowest BCUT2D eigenvalue weighted by molar-refractivity contribution is 0.0587. The van der Waals surface area contributed by atoms with Gasteiger partial charge in [-0.3, -0.25) is 0 Å². The predicted molar refractivity (Wildman–Crippen MR) is 99.2 cm³/mol. The first kappa shape index (κ1) is 16.1. The Morgan fingerprint density at radius 2 is 2.17 bits per heavy atom. The number of rotatable bonds is 1. The number of fused-ring (bicyclic) bond motifs is 4. The zero-order chi connectivity index (χ0) is 16.7. The molecule has 0 aromatic rings. The van der Waals surface area contributed by atoms with Crippen LogP contribution >= 0.6 is 0 Å². The lowest BCUT2D eigenvalue weighted by atomic mass is 9.53. The molecule has 24 heavy (non-hydrogen) atoms. The third-order valence-electron chi connectivity index (χ3n) is 7.30. The normalized spacial score (nSPS) is 37.4. The Hall–Kier alpha value is -1.42. The number of allylic oxidation sites excluding steroid dienone is 5. The summed E-state index contributed by atoms with van der Waals surface area (Å²) in [6.07, 6.45) is 14.6. The Balaban J connectivity index is 1.58. The second-order valence-electron chi connectivity index (χ2n) is 8.26. The molecule has 128 valence electrons. The van der Waals surface area contributed by atoms with Gasteiger partial charge >= 0.3 is 0 Å². The van der Waals surface area contributed by atoms with Crippen molar-refractivity contribution in [2.45, 2.75) is 65.2 Å². The van der Waals surface area contributed by atoms with Gasteiger partial charge in [0.25, 0.3) is 0 Å². The summed E-state index contributed by atoms with van der Waals surface area (Å²) in [6, 6.07) is 0. The van der Waals surface area contributed by atoms with E-state index in [1.165, 1.54) is 43.4 Å².